The Kier molecular flexibility index (Phi) is 11.2. The molecule has 2 fully saturated rings. The molecule has 0 atom stereocenters. The van der Waals surface area contributed by atoms with E-state index in [-0.39, 0.29) is 41.5 Å². The lowest BCUT2D eigenvalue weighted by molar-refractivity contribution is -0.141. The number of carbonyl (C=O) groups is 5. The van der Waals surface area contributed by atoms with E-state index in [1.807, 2.05) is 0 Å². The summed E-state index contributed by atoms with van der Waals surface area (Å²) in [6, 6.07) is 15.0. The number of furan rings is 1. The highest BCUT2D eigenvalue weighted by atomic mass is 32.2. The lowest BCUT2D eigenvalue weighted by atomic mass is 9.98. The number of esters is 1. The van der Waals surface area contributed by atoms with Crippen LogP contribution < -0.4 is 20.7 Å². The lowest BCUT2D eigenvalue weighted by Gasteiger charge is -2.18. The number of aliphatic hydroxyl groups is 1. The highest BCUT2D eigenvalue weighted by Gasteiger charge is 2.51. The first-order valence-corrected chi connectivity index (χ1v) is 19.2. The van der Waals surface area contributed by atoms with Gasteiger partial charge in [-0.25, -0.2) is 22.3 Å². The molecule has 2 aliphatic carbocycles. The first-order chi connectivity index (χ1) is 26.2. The maximum absolute atomic E-state index is 13.7. The van der Waals surface area contributed by atoms with Crippen molar-refractivity contribution in [3.05, 3.63) is 106 Å². The molecule has 3 aromatic carbocycles. The van der Waals surface area contributed by atoms with Gasteiger partial charge in [-0.05, 0) is 97.7 Å². The van der Waals surface area contributed by atoms with Gasteiger partial charge in [0.15, 0.2) is 5.78 Å². The zero-order valence-electron chi connectivity index (χ0n) is 30.0. The van der Waals surface area contributed by atoms with Gasteiger partial charge in [0.05, 0.1) is 24.5 Å². The summed E-state index contributed by atoms with van der Waals surface area (Å²) in [7, 11) is -2.60. The lowest BCUT2D eigenvalue weighted by Crippen LogP contribution is -2.51. The van der Waals surface area contributed by atoms with Gasteiger partial charge in [0, 0.05) is 36.2 Å². The Hall–Kier alpha value is -5.87. The van der Waals surface area contributed by atoms with Gasteiger partial charge >= 0.3 is 5.97 Å². The normalized spacial score (nSPS) is 14.9. The minimum Gasteiger partial charge on any atom is -0.502 e. The van der Waals surface area contributed by atoms with Gasteiger partial charge in [0.1, 0.15) is 22.7 Å². The summed E-state index contributed by atoms with van der Waals surface area (Å²) in [6.07, 6.45) is 3.08. The van der Waals surface area contributed by atoms with E-state index in [9.17, 15) is 41.9 Å². The average Bonchev–Trinajstić information content (AvgIpc) is 4.11. The van der Waals surface area contributed by atoms with Gasteiger partial charge in [-0.2, -0.15) is 0 Å². The summed E-state index contributed by atoms with van der Waals surface area (Å²) in [5, 5.41) is 18.3. The highest BCUT2D eigenvalue weighted by molar-refractivity contribution is 7.88. The number of amides is 3. The largest absolute Gasteiger partial charge is 0.502 e. The molecule has 2 saturated carbocycles. The van der Waals surface area contributed by atoms with E-state index < -0.39 is 68.9 Å². The number of ether oxygens (including phenoxy) is 1. The third-order valence-electron chi connectivity index (χ3n) is 9.31. The number of rotatable bonds is 16. The number of hydrogen-bond donors (Lipinski definition) is 5. The van der Waals surface area contributed by atoms with Crippen LogP contribution in [0.4, 0.5) is 4.39 Å². The van der Waals surface area contributed by atoms with Crippen LogP contribution >= 0.6 is 0 Å². The number of nitrogens with one attached hydrogen (secondary N) is 4. The Morgan fingerprint density at radius 3 is 2.42 bits per heavy atom. The van der Waals surface area contributed by atoms with Crippen LogP contribution in [-0.4, -0.2) is 68.7 Å². The minimum atomic E-state index is -4.08. The van der Waals surface area contributed by atoms with Crippen molar-refractivity contribution in [1.29, 1.82) is 0 Å². The Labute approximate surface area is 315 Å². The smallest absolute Gasteiger partial charge is 0.373 e. The minimum absolute atomic E-state index is 0.00286. The fourth-order valence-electron chi connectivity index (χ4n) is 6.19. The molecule has 0 spiro atoms. The molecule has 55 heavy (non-hydrogen) atoms. The molecule has 16 heteroatoms. The van der Waals surface area contributed by atoms with E-state index in [1.54, 1.807) is 31.2 Å². The quantitative estimate of drug-likeness (QED) is 0.0477. The molecule has 1 aromatic heterocycles. The summed E-state index contributed by atoms with van der Waals surface area (Å²) >= 11 is 0. The number of benzene rings is 3. The van der Waals surface area contributed by atoms with E-state index in [4.69, 9.17) is 4.42 Å². The number of halogens is 1. The predicted molar refractivity (Wildman–Crippen MR) is 198 cm³/mol. The zero-order chi connectivity index (χ0) is 39.5. The third kappa shape index (κ3) is 9.09. The third-order valence-corrected chi connectivity index (χ3v) is 10.6. The molecule has 0 radical (unpaired) electrons. The van der Waals surface area contributed by atoms with Gasteiger partial charge in [0.2, 0.25) is 27.6 Å². The van der Waals surface area contributed by atoms with Gasteiger partial charge in [-0.3, -0.25) is 19.2 Å². The Bertz CT molecular complexity index is 2330. The van der Waals surface area contributed by atoms with Crippen LogP contribution in [0.3, 0.4) is 0 Å². The monoisotopic (exact) mass is 774 g/mol. The molecule has 1 heterocycles. The Balaban J connectivity index is 1.08. The molecule has 288 valence electrons. The number of allylic oxidation sites excluding steroid dienone is 1. The second kappa shape index (κ2) is 15.8. The van der Waals surface area contributed by atoms with Gasteiger partial charge in [-0.15, -0.1) is 0 Å². The molecule has 14 nitrogen and oxygen atoms in total. The van der Waals surface area contributed by atoms with E-state index in [1.165, 1.54) is 43.4 Å². The van der Waals surface area contributed by atoms with Crippen LogP contribution in [0.15, 0.2) is 76.9 Å². The summed E-state index contributed by atoms with van der Waals surface area (Å²) in [6.45, 7) is 0.958. The summed E-state index contributed by atoms with van der Waals surface area (Å²) < 4.78 is 53.4. The standard InChI is InChI=1S/C39H39FN4O10S/c1-3-53-37(49)31(46)18-30(45)25-6-4-5-22(15-25)19-42-38(50)39(13-14-39)44-33(47)20-43-55(51,52)21-26-16-32-29(17-28(26)23-7-8-23)34(36(48)41-2)35(54-32)24-9-11-27(40)12-10-24/h4-6,9-12,15-18,23,43,46H,3,7-8,13-14,19-21H2,1-2H3,(H,41,48)(H,42,50)(H,44,47)/b31-18-. The van der Waals surface area contributed by atoms with Crippen LogP contribution in [0.1, 0.15) is 75.9 Å². The van der Waals surface area contributed by atoms with Crippen LogP contribution in [0, 0.1) is 5.82 Å². The topological polar surface area (TPSA) is 210 Å². The maximum Gasteiger partial charge on any atom is 0.373 e. The average molecular weight is 775 g/mol. The highest BCUT2D eigenvalue weighted by Crippen LogP contribution is 2.45. The van der Waals surface area contributed by atoms with Crippen molar-refractivity contribution in [2.45, 2.75) is 56.4 Å². The van der Waals surface area contributed by atoms with E-state index >= 15 is 0 Å². The van der Waals surface area contributed by atoms with E-state index in [0.717, 1.165) is 24.5 Å². The van der Waals surface area contributed by atoms with Crippen LogP contribution in [0.2, 0.25) is 0 Å². The predicted octanol–water partition coefficient (Wildman–Crippen LogP) is 4.05. The molecule has 5 N–H and O–H groups in total. The van der Waals surface area contributed by atoms with Gasteiger partial charge < -0.3 is 30.2 Å². The molecule has 0 saturated heterocycles. The zero-order valence-corrected chi connectivity index (χ0v) is 30.8. The molecule has 3 amide bonds. The fourth-order valence-corrected chi connectivity index (χ4v) is 7.30. The number of hydrogen-bond acceptors (Lipinski definition) is 10. The summed E-state index contributed by atoms with van der Waals surface area (Å²) in [5.74, 6) is -4.77. The Morgan fingerprint density at radius 1 is 1.04 bits per heavy atom. The van der Waals surface area contributed by atoms with Crippen molar-refractivity contribution in [2.24, 2.45) is 0 Å². The summed E-state index contributed by atoms with van der Waals surface area (Å²) in [5.41, 5.74) is 1.65. The molecule has 0 bridgehead atoms. The number of aliphatic hydroxyl groups excluding tert-OH is 1. The molecule has 2 aliphatic rings. The number of fused-ring (bicyclic) bond motifs is 1. The molecule has 4 aromatic rings. The first-order valence-electron chi connectivity index (χ1n) is 17.6. The SMILES string of the molecule is CCOC(=O)/C(O)=C/C(=O)c1cccc(CNC(=O)C2(NC(=O)CNS(=O)(=O)Cc3cc4oc(-c5ccc(F)cc5)c(C(=O)NC)c4cc3C3CC3)CC2)c1. The molecule has 0 aliphatic heterocycles. The molecule has 6 rings (SSSR count). The van der Waals surface area contributed by atoms with Crippen LogP contribution in [-0.2, 0) is 41.4 Å². The second-order valence-corrected chi connectivity index (χ2v) is 15.2. The van der Waals surface area contributed by atoms with E-state index in [2.05, 4.69) is 25.4 Å². The second-order valence-electron chi connectivity index (χ2n) is 13.4. The number of sulfonamides is 1. The van der Waals surface area contributed by atoms with Crippen molar-refractivity contribution >= 4 is 50.5 Å². The van der Waals surface area contributed by atoms with Crippen molar-refractivity contribution in [3.8, 4) is 11.3 Å². The number of carbonyl (C=O) groups excluding carboxylic acids is 5. The van der Waals surface area contributed by atoms with Crippen molar-refractivity contribution in [3.63, 3.8) is 0 Å². The number of ketones is 1. The van der Waals surface area contributed by atoms with Crippen molar-refractivity contribution in [1.82, 2.24) is 20.7 Å². The van der Waals surface area contributed by atoms with Gasteiger partial charge in [-0.1, -0.05) is 18.2 Å². The maximum atomic E-state index is 13.7. The van der Waals surface area contributed by atoms with Gasteiger partial charge in [0.25, 0.3) is 5.91 Å². The first kappa shape index (κ1) is 38.8. The van der Waals surface area contributed by atoms with Crippen molar-refractivity contribution < 1.29 is 51.0 Å². The van der Waals surface area contributed by atoms with Crippen LogP contribution in [0.5, 0.6) is 0 Å². The van der Waals surface area contributed by atoms with E-state index in [0.29, 0.717) is 34.9 Å². The Morgan fingerprint density at radius 2 is 1.76 bits per heavy atom. The molecule has 0 unspecified atom stereocenters. The molecular formula is C39H39FN4O10S. The van der Waals surface area contributed by atoms with Crippen LogP contribution in [0.25, 0.3) is 22.3 Å². The fraction of sp³-hybridized carbons (Fsp3) is 0.308. The van der Waals surface area contributed by atoms with Crippen molar-refractivity contribution in [2.75, 3.05) is 20.2 Å². The summed E-state index contributed by atoms with van der Waals surface area (Å²) in [4.78, 5) is 63.2. The molecular weight excluding hydrogens is 736 g/mol.